The van der Waals surface area contributed by atoms with E-state index in [9.17, 15) is 4.79 Å². The molecule has 0 aromatic carbocycles. The number of halogens is 1. The molecule has 13 heavy (non-hydrogen) atoms. The van der Waals surface area contributed by atoms with Crippen LogP contribution < -0.4 is 0 Å². The first kappa shape index (κ1) is 9.28. The monoisotopic (exact) mass is 202 g/mol. The summed E-state index contributed by atoms with van der Waals surface area (Å²) in [5.74, 6) is 0.223. The highest BCUT2D eigenvalue weighted by Gasteiger charge is 2.31. The van der Waals surface area contributed by atoms with Gasteiger partial charge in [0.25, 0.3) is 0 Å². The number of carbonyl (C=O) groups is 1. The topological polar surface area (TPSA) is 23.6 Å². The average molecular weight is 203 g/mol. The zero-order valence-corrected chi connectivity index (χ0v) is 8.46. The highest BCUT2D eigenvalue weighted by molar-refractivity contribution is 6.27. The van der Waals surface area contributed by atoms with Gasteiger partial charge in [-0.05, 0) is 19.4 Å². The SMILES string of the molecule is O=C(CCl)N1CCN2CCC[C@@H]2C1. The van der Waals surface area contributed by atoms with Crippen molar-refractivity contribution in [1.82, 2.24) is 9.80 Å². The van der Waals surface area contributed by atoms with Crippen LogP contribution in [0.4, 0.5) is 0 Å². The Hall–Kier alpha value is -0.280. The minimum absolute atomic E-state index is 0.0909. The Morgan fingerprint density at radius 1 is 1.38 bits per heavy atom. The summed E-state index contributed by atoms with van der Waals surface area (Å²) in [5.41, 5.74) is 0. The molecule has 0 N–H and O–H groups in total. The fourth-order valence-electron chi connectivity index (χ4n) is 2.30. The molecule has 2 heterocycles. The molecule has 1 amide bonds. The summed E-state index contributed by atoms with van der Waals surface area (Å²) in [4.78, 5) is 15.7. The van der Waals surface area contributed by atoms with Crippen molar-refractivity contribution in [2.45, 2.75) is 18.9 Å². The van der Waals surface area contributed by atoms with Crippen LogP contribution in [0.3, 0.4) is 0 Å². The quantitative estimate of drug-likeness (QED) is 0.580. The van der Waals surface area contributed by atoms with E-state index in [2.05, 4.69) is 4.90 Å². The number of nitrogens with zero attached hydrogens (tertiary/aromatic N) is 2. The van der Waals surface area contributed by atoms with E-state index in [0.29, 0.717) is 6.04 Å². The molecule has 2 aliphatic heterocycles. The van der Waals surface area contributed by atoms with Crippen molar-refractivity contribution < 1.29 is 4.79 Å². The third-order valence-corrected chi connectivity index (χ3v) is 3.28. The van der Waals surface area contributed by atoms with Crippen molar-refractivity contribution in [3.8, 4) is 0 Å². The molecule has 0 aromatic heterocycles. The first-order valence-electron chi connectivity index (χ1n) is 4.89. The highest BCUT2D eigenvalue weighted by atomic mass is 35.5. The van der Waals surface area contributed by atoms with Crippen molar-refractivity contribution in [2.24, 2.45) is 0 Å². The second-order valence-electron chi connectivity index (χ2n) is 3.81. The van der Waals surface area contributed by atoms with Gasteiger partial charge in [-0.25, -0.2) is 0 Å². The van der Waals surface area contributed by atoms with E-state index in [0.717, 1.165) is 19.6 Å². The van der Waals surface area contributed by atoms with Crippen LogP contribution in [0.2, 0.25) is 0 Å². The minimum atomic E-state index is 0.0909. The average Bonchev–Trinajstić information content (AvgIpc) is 2.63. The van der Waals surface area contributed by atoms with E-state index in [1.165, 1.54) is 19.4 Å². The number of carbonyl (C=O) groups excluding carboxylic acids is 1. The van der Waals surface area contributed by atoms with Crippen molar-refractivity contribution in [1.29, 1.82) is 0 Å². The normalized spacial score (nSPS) is 29.0. The van der Waals surface area contributed by atoms with Crippen LogP contribution in [0.15, 0.2) is 0 Å². The smallest absolute Gasteiger partial charge is 0.237 e. The standard InChI is InChI=1S/C9H15ClN2O/c10-6-9(13)12-5-4-11-3-1-2-8(11)7-12/h8H,1-7H2/t8-/m1/s1. The summed E-state index contributed by atoms with van der Waals surface area (Å²) in [5, 5.41) is 0. The van der Waals surface area contributed by atoms with Gasteiger partial charge in [0.15, 0.2) is 0 Å². The molecule has 1 atom stereocenters. The largest absolute Gasteiger partial charge is 0.339 e. The molecular weight excluding hydrogens is 188 g/mol. The highest BCUT2D eigenvalue weighted by Crippen LogP contribution is 2.21. The van der Waals surface area contributed by atoms with Gasteiger partial charge in [0.1, 0.15) is 5.88 Å². The Labute approximate surface area is 83.6 Å². The summed E-state index contributed by atoms with van der Waals surface area (Å²) in [6.45, 7) is 4.01. The second-order valence-corrected chi connectivity index (χ2v) is 4.07. The van der Waals surface area contributed by atoms with Crippen LogP contribution in [-0.2, 0) is 4.79 Å². The minimum Gasteiger partial charge on any atom is -0.339 e. The Morgan fingerprint density at radius 3 is 3.00 bits per heavy atom. The van der Waals surface area contributed by atoms with Gasteiger partial charge in [-0.3, -0.25) is 9.69 Å². The van der Waals surface area contributed by atoms with Crippen LogP contribution in [0.1, 0.15) is 12.8 Å². The number of alkyl halides is 1. The van der Waals surface area contributed by atoms with Crippen LogP contribution >= 0.6 is 11.6 Å². The number of piperazine rings is 1. The molecule has 74 valence electrons. The zero-order chi connectivity index (χ0) is 9.26. The number of rotatable bonds is 1. The maximum Gasteiger partial charge on any atom is 0.237 e. The van der Waals surface area contributed by atoms with E-state index in [1.54, 1.807) is 0 Å². The molecule has 2 fully saturated rings. The van der Waals surface area contributed by atoms with Gasteiger partial charge in [-0.15, -0.1) is 11.6 Å². The lowest BCUT2D eigenvalue weighted by molar-refractivity contribution is -0.131. The molecule has 0 spiro atoms. The van der Waals surface area contributed by atoms with Crippen molar-refractivity contribution in [2.75, 3.05) is 32.1 Å². The molecule has 2 aliphatic rings. The molecule has 4 heteroatoms. The lowest BCUT2D eigenvalue weighted by atomic mass is 10.1. The molecule has 0 saturated carbocycles. The van der Waals surface area contributed by atoms with E-state index in [4.69, 9.17) is 11.6 Å². The Kier molecular flexibility index (Phi) is 2.74. The molecule has 0 bridgehead atoms. The Morgan fingerprint density at radius 2 is 2.23 bits per heavy atom. The predicted octanol–water partition coefficient (Wildman–Crippen LogP) is 0.532. The molecule has 0 aromatic rings. The molecule has 0 unspecified atom stereocenters. The van der Waals surface area contributed by atoms with Crippen LogP contribution in [0.25, 0.3) is 0 Å². The summed E-state index contributed by atoms with van der Waals surface area (Å²) in [6.07, 6.45) is 2.53. The summed E-state index contributed by atoms with van der Waals surface area (Å²) in [6, 6.07) is 0.612. The lowest BCUT2D eigenvalue weighted by Gasteiger charge is -2.37. The third kappa shape index (κ3) is 1.81. The summed E-state index contributed by atoms with van der Waals surface area (Å²) >= 11 is 5.52. The van der Waals surface area contributed by atoms with Crippen molar-refractivity contribution in [3.05, 3.63) is 0 Å². The number of hydrogen-bond acceptors (Lipinski definition) is 2. The first-order chi connectivity index (χ1) is 6.31. The molecule has 0 aliphatic carbocycles. The first-order valence-corrected chi connectivity index (χ1v) is 5.42. The summed E-state index contributed by atoms with van der Waals surface area (Å²) < 4.78 is 0. The van der Waals surface area contributed by atoms with Gasteiger partial charge >= 0.3 is 0 Å². The van der Waals surface area contributed by atoms with E-state index in [1.807, 2.05) is 4.90 Å². The van der Waals surface area contributed by atoms with Gasteiger partial charge in [0, 0.05) is 25.7 Å². The fraction of sp³-hybridized carbons (Fsp3) is 0.889. The molecular formula is C9H15ClN2O. The number of fused-ring (bicyclic) bond motifs is 1. The van der Waals surface area contributed by atoms with Gasteiger partial charge in [0.05, 0.1) is 0 Å². The van der Waals surface area contributed by atoms with Crippen LogP contribution in [-0.4, -0.2) is 53.8 Å². The van der Waals surface area contributed by atoms with Crippen molar-refractivity contribution in [3.63, 3.8) is 0 Å². The maximum atomic E-state index is 11.3. The van der Waals surface area contributed by atoms with Gasteiger partial charge < -0.3 is 4.90 Å². The second kappa shape index (κ2) is 3.84. The molecule has 0 radical (unpaired) electrons. The molecule has 3 nitrogen and oxygen atoms in total. The Balaban J connectivity index is 1.93. The van der Waals surface area contributed by atoms with Crippen LogP contribution in [0.5, 0.6) is 0 Å². The molecule has 2 rings (SSSR count). The van der Waals surface area contributed by atoms with E-state index < -0.39 is 0 Å². The van der Waals surface area contributed by atoms with Gasteiger partial charge in [-0.1, -0.05) is 0 Å². The van der Waals surface area contributed by atoms with E-state index >= 15 is 0 Å². The van der Waals surface area contributed by atoms with E-state index in [-0.39, 0.29) is 11.8 Å². The summed E-state index contributed by atoms with van der Waals surface area (Å²) in [7, 11) is 0. The zero-order valence-electron chi connectivity index (χ0n) is 7.71. The maximum absolute atomic E-state index is 11.3. The van der Waals surface area contributed by atoms with Crippen LogP contribution in [0, 0.1) is 0 Å². The lowest BCUT2D eigenvalue weighted by Crippen LogP contribution is -2.52. The third-order valence-electron chi connectivity index (χ3n) is 3.05. The van der Waals surface area contributed by atoms with Crippen molar-refractivity contribution >= 4 is 17.5 Å². The fourth-order valence-corrected chi connectivity index (χ4v) is 2.47. The predicted molar refractivity (Wildman–Crippen MR) is 51.9 cm³/mol. The van der Waals surface area contributed by atoms with Gasteiger partial charge in [0.2, 0.25) is 5.91 Å². The Bertz CT molecular complexity index is 210. The number of amides is 1. The van der Waals surface area contributed by atoms with Gasteiger partial charge in [-0.2, -0.15) is 0 Å². The number of hydrogen-bond donors (Lipinski definition) is 0. The molecule has 2 saturated heterocycles.